The van der Waals surface area contributed by atoms with Crippen molar-refractivity contribution in [3.8, 4) is 0 Å². The van der Waals surface area contributed by atoms with Crippen molar-refractivity contribution in [3.63, 3.8) is 0 Å². The van der Waals surface area contributed by atoms with Crippen molar-refractivity contribution in [1.29, 1.82) is 0 Å². The van der Waals surface area contributed by atoms with Crippen LogP contribution >= 0.6 is 11.6 Å². The van der Waals surface area contributed by atoms with Gasteiger partial charge in [0.05, 0.1) is 29.5 Å². The van der Waals surface area contributed by atoms with Crippen molar-refractivity contribution in [2.75, 3.05) is 31.1 Å². The number of carbonyl (C=O) groups is 1. The maximum atomic E-state index is 12.1. The third-order valence-corrected chi connectivity index (χ3v) is 6.98. The number of carbonyl (C=O) groups excluding carboxylic acids is 1. The van der Waals surface area contributed by atoms with E-state index in [1.807, 2.05) is 0 Å². The van der Waals surface area contributed by atoms with Gasteiger partial charge in [0.2, 0.25) is 5.91 Å². The normalized spacial score (nSPS) is 39.1. The largest absolute Gasteiger partial charge is 0.350 e. The highest BCUT2D eigenvalue weighted by Crippen LogP contribution is 2.20. The van der Waals surface area contributed by atoms with E-state index in [0.29, 0.717) is 18.6 Å². The molecule has 3 saturated heterocycles. The van der Waals surface area contributed by atoms with Crippen molar-refractivity contribution in [2.45, 2.75) is 42.8 Å². The Bertz CT molecular complexity index is 513. The predicted molar refractivity (Wildman–Crippen MR) is 81.2 cm³/mol. The van der Waals surface area contributed by atoms with E-state index in [4.69, 9.17) is 11.6 Å². The van der Waals surface area contributed by atoms with Gasteiger partial charge in [0.1, 0.15) is 0 Å². The molecule has 2 bridgehead atoms. The third-order valence-electron chi connectivity index (χ3n) is 4.60. The summed E-state index contributed by atoms with van der Waals surface area (Å²) in [6, 6.07) is 0.624. The van der Waals surface area contributed by atoms with E-state index < -0.39 is 21.3 Å². The summed E-state index contributed by atoms with van der Waals surface area (Å²) in [5.41, 5.74) is 0. The highest BCUT2D eigenvalue weighted by atomic mass is 35.5. The van der Waals surface area contributed by atoms with Gasteiger partial charge in [-0.05, 0) is 19.3 Å². The molecule has 21 heavy (non-hydrogen) atoms. The zero-order valence-electron chi connectivity index (χ0n) is 11.9. The molecule has 0 aliphatic carbocycles. The maximum absolute atomic E-state index is 12.1. The van der Waals surface area contributed by atoms with Crippen molar-refractivity contribution in [1.82, 2.24) is 15.5 Å². The lowest BCUT2D eigenvalue weighted by atomic mass is 10.1. The molecule has 3 aliphatic heterocycles. The van der Waals surface area contributed by atoms with Crippen LogP contribution in [0, 0.1) is 0 Å². The van der Waals surface area contributed by atoms with Crippen LogP contribution in [0.2, 0.25) is 0 Å². The highest BCUT2D eigenvalue weighted by molar-refractivity contribution is 7.91. The van der Waals surface area contributed by atoms with Crippen molar-refractivity contribution >= 4 is 27.3 Å². The number of halogens is 1. The molecule has 4 unspecified atom stereocenters. The molecule has 2 N–H and O–H groups in total. The molecule has 0 aromatic heterocycles. The monoisotopic (exact) mass is 335 g/mol. The lowest BCUT2D eigenvalue weighted by Crippen LogP contribution is -2.47. The fraction of sp³-hybridized carbons (Fsp3) is 0.923. The Morgan fingerprint density at radius 2 is 2.00 bits per heavy atom. The molecule has 120 valence electrons. The molecule has 3 aliphatic rings. The highest BCUT2D eigenvalue weighted by Gasteiger charge is 2.37. The Morgan fingerprint density at radius 3 is 2.71 bits per heavy atom. The number of likely N-dealkylation sites (tertiary alicyclic amines) is 1. The van der Waals surface area contributed by atoms with Gasteiger partial charge in [-0.1, -0.05) is 0 Å². The van der Waals surface area contributed by atoms with E-state index >= 15 is 0 Å². The van der Waals surface area contributed by atoms with E-state index in [2.05, 4.69) is 15.5 Å². The van der Waals surface area contributed by atoms with Gasteiger partial charge < -0.3 is 10.6 Å². The first-order valence-corrected chi connectivity index (χ1v) is 9.79. The number of nitrogens with zero attached hydrogens (tertiary/aromatic N) is 1. The number of alkyl halides is 1. The van der Waals surface area contributed by atoms with Crippen LogP contribution in [-0.4, -0.2) is 73.9 Å². The zero-order valence-corrected chi connectivity index (χ0v) is 13.5. The molecule has 3 fully saturated rings. The van der Waals surface area contributed by atoms with Crippen LogP contribution in [0.1, 0.15) is 19.3 Å². The molecular weight excluding hydrogens is 314 g/mol. The fourth-order valence-electron chi connectivity index (χ4n) is 3.55. The second-order valence-corrected chi connectivity index (χ2v) is 9.14. The number of fused-ring (bicyclic) bond motifs is 2. The van der Waals surface area contributed by atoms with Gasteiger partial charge in [-0.25, -0.2) is 8.42 Å². The van der Waals surface area contributed by atoms with Crippen molar-refractivity contribution in [3.05, 3.63) is 0 Å². The summed E-state index contributed by atoms with van der Waals surface area (Å²) in [5.74, 6) is -0.212. The summed E-state index contributed by atoms with van der Waals surface area (Å²) in [6.07, 6.45) is 3.48. The minimum absolute atomic E-state index is 0.0425. The van der Waals surface area contributed by atoms with Gasteiger partial charge in [0, 0.05) is 25.2 Å². The molecule has 0 saturated carbocycles. The van der Waals surface area contributed by atoms with Crippen LogP contribution in [0.5, 0.6) is 0 Å². The molecule has 0 radical (unpaired) electrons. The molecule has 4 atom stereocenters. The molecule has 1 amide bonds. The second-order valence-electron chi connectivity index (χ2n) is 6.43. The van der Waals surface area contributed by atoms with Gasteiger partial charge in [-0.2, -0.15) is 0 Å². The quantitative estimate of drug-likeness (QED) is 0.669. The number of amides is 1. The Balaban J connectivity index is 1.50. The van der Waals surface area contributed by atoms with E-state index in [1.165, 1.54) is 12.8 Å². The Morgan fingerprint density at radius 1 is 1.24 bits per heavy atom. The summed E-state index contributed by atoms with van der Waals surface area (Å²) in [7, 11) is -3.11. The second kappa shape index (κ2) is 6.02. The molecule has 0 aromatic rings. The SMILES string of the molecule is O=C(CN1CCC2CCC(C1)N2)NC1CS(=O)(=O)CC1Cl. The van der Waals surface area contributed by atoms with Crippen LogP contribution in [0.4, 0.5) is 0 Å². The first kappa shape index (κ1) is 15.5. The summed E-state index contributed by atoms with van der Waals surface area (Å²) in [6.45, 7) is 2.12. The fourth-order valence-corrected chi connectivity index (χ4v) is 6.10. The van der Waals surface area contributed by atoms with Crippen LogP contribution in [0.25, 0.3) is 0 Å². The third kappa shape index (κ3) is 3.88. The van der Waals surface area contributed by atoms with Gasteiger partial charge >= 0.3 is 0 Å². The predicted octanol–water partition coefficient (Wildman–Crippen LogP) is -0.667. The van der Waals surface area contributed by atoms with Crippen LogP contribution < -0.4 is 10.6 Å². The molecule has 0 aromatic carbocycles. The Hall–Kier alpha value is -0.370. The first-order chi connectivity index (χ1) is 9.91. The molecule has 6 nitrogen and oxygen atoms in total. The van der Waals surface area contributed by atoms with Crippen molar-refractivity contribution < 1.29 is 13.2 Å². The molecule has 8 heteroatoms. The topological polar surface area (TPSA) is 78.5 Å². The zero-order chi connectivity index (χ0) is 15.0. The van der Waals surface area contributed by atoms with Crippen LogP contribution in [0.3, 0.4) is 0 Å². The van der Waals surface area contributed by atoms with Gasteiger partial charge in [0.15, 0.2) is 9.84 Å². The standard InChI is InChI=1S/C13H22ClN3O3S/c14-11-7-21(19,20)8-12(11)16-13(18)6-17-4-3-9-1-2-10(5-17)15-9/h9-12,15H,1-8H2,(H,16,18). The molecule has 3 heterocycles. The van der Waals surface area contributed by atoms with Crippen LogP contribution in [-0.2, 0) is 14.6 Å². The average Bonchev–Trinajstić information content (AvgIpc) is 2.82. The summed E-state index contributed by atoms with van der Waals surface area (Å²) in [4.78, 5) is 14.3. The Labute approximate surface area is 130 Å². The number of sulfone groups is 1. The van der Waals surface area contributed by atoms with Gasteiger partial charge in [-0.15, -0.1) is 11.6 Å². The van der Waals surface area contributed by atoms with E-state index in [1.54, 1.807) is 0 Å². The number of hydrogen-bond donors (Lipinski definition) is 2. The number of nitrogens with one attached hydrogen (secondary N) is 2. The van der Waals surface area contributed by atoms with E-state index in [0.717, 1.165) is 19.5 Å². The van der Waals surface area contributed by atoms with E-state index in [-0.39, 0.29) is 17.4 Å². The van der Waals surface area contributed by atoms with E-state index in [9.17, 15) is 13.2 Å². The van der Waals surface area contributed by atoms with Crippen LogP contribution in [0.15, 0.2) is 0 Å². The molecule has 0 spiro atoms. The van der Waals surface area contributed by atoms with Gasteiger partial charge in [-0.3, -0.25) is 9.69 Å². The summed E-state index contributed by atoms with van der Waals surface area (Å²) >= 11 is 6.01. The Kier molecular flexibility index (Phi) is 4.45. The summed E-state index contributed by atoms with van der Waals surface area (Å²) in [5, 5.41) is 5.84. The lowest BCUT2D eigenvalue weighted by molar-refractivity contribution is -0.122. The molecule has 3 rings (SSSR count). The maximum Gasteiger partial charge on any atom is 0.234 e. The summed E-state index contributed by atoms with van der Waals surface area (Å²) < 4.78 is 23.0. The number of hydrogen-bond acceptors (Lipinski definition) is 5. The lowest BCUT2D eigenvalue weighted by Gasteiger charge is -2.24. The molecular formula is C13H22ClN3O3S. The minimum atomic E-state index is -3.11. The first-order valence-electron chi connectivity index (χ1n) is 7.53. The minimum Gasteiger partial charge on any atom is -0.350 e. The number of rotatable bonds is 3. The van der Waals surface area contributed by atoms with Gasteiger partial charge in [0.25, 0.3) is 0 Å². The average molecular weight is 336 g/mol. The smallest absolute Gasteiger partial charge is 0.234 e. The van der Waals surface area contributed by atoms with Crippen molar-refractivity contribution in [2.24, 2.45) is 0 Å².